The number of carbonyl (C=O) groups is 1. The maximum Gasteiger partial charge on any atom is 0.326 e. The molecule has 0 bridgehead atoms. The lowest BCUT2D eigenvalue weighted by Crippen LogP contribution is -1.98. The van der Waals surface area contributed by atoms with E-state index in [2.05, 4.69) is 0 Å². The fourth-order valence-electron chi connectivity index (χ4n) is 1.33. The first-order valence-corrected chi connectivity index (χ1v) is 6.30. The number of carbonyl (C=O) groups excluding carboxylic acids is 1. The molecule has 4 nitrogen and oxygen atoms in total. The molecule has 0 aliphatic carbocycles. The molecule has 7 heteroatoms. The first kappa shape index (κ1) is 13.0. The van der Waals surface area contributed by atoms with Crippen LogP contribution in [0.3, 0.4) is 0 Å². The van der Waals surface area contributed by atoms with Gasteiger partial charge in [0.15, 0.2) is 0 Å². The van der Waals surface area contributed by atoms with E-state index in [1.54, 1.807) is 24.3 Å². The molecule has 0 fully saturated rings. The lowest BCUT2D eigenvalue weighted by Gasteiger charge is -1.98. The zero-order valence-corrected chi connectivity index (χ0v) is 11.1. The third kappa shape index (κ3) is 2.53. The van der Waals surface area contributed by atoms with Crippen LogP contribution in [0.4, 0.5) is 5.00 Å². The van der Waals surface area contributed by atoms with E-state index in [1.165, 1.54) is 6.07 Å². The van der Waals surface area contributed by atoms with Gasteiger partial charge in [0, 0.05) is 16.7 Å². The van der Waals surface area contributed by atoms with Gasteiger partial charge < -0.3 is 0 Å². The van der Waals surface area contributed by atoms with E-state index in [0.717, 1.165) is 11.3 Å². The predicted octanol–water partition coefficient (Wildman–Crippen LogP) is 4.19. The molecule has 0 aliphatic rings. The average Bonchev–Trinajstić information content (AvgIpc) is 2.71. The second-order valence-corrected chi connectivity index (χ2v) is 5.23. The van der Waals surface area contributed by atoms with Crippen LogP contribution in [0.5, 0.6) is 0 Å². The van der Waals surface area contributed by atoms with Crippen LogP contribution in [0.15, 0.2) is 30.3 Å². The number of thiophene rings is 1. The summed E-state index contributed by atoms with van der Waals surface area (Å²) in [6.07, 6.45) is 0. The molecule has 0 amide bonds. The fraction of sp³-hybridized carbons (Fsp3) is 0. The Labute approximate surface area is 116 Å². The Bertz CT molecular complexity index is 622. The number of nitro groups is 1. The van der Waals surface area contributed by atoms with Crippen LogP contribution >= 0.6 is 34.5 Å². The molecular formula is C11H5Cl2NO3S. The van der Waals surface area contributed by atoms with Crippen LogP contribution in [0.1, 0.15) is 15.2 Å². The lowest BCUT2D eigenvalue weighted by atomic mass is 10.1. The summed E-state index contributed by atoms with van der Waals surface area (Å²) in [7, 11) is 0. The highest BCUT2D eigenvalue weighted by Gasteiger charge is 2.21. The fourth-order valence-corrected chi connectivity index (χ4v) is 2.66. The summed E-state index contributed by atoms with van der Waals surface area (Å²) >= 11 is 12.3. The van der Waals surface area contributed by atoms with Gasteiger partial charge in [0.1, 0.15) is 4.88 Å². The van der Waals surface area contributed by atoms with E-state index in [1.807, 2.05) is 0 Å². The molecule has 1 aromatic carbocycles. The molecule has 0 atom stereocenters. The second kappa shape index (κ2) is 5.06. The van der Waals surface area contributed by atoms with Gasteiger partial charge in [-0.1, -0.05) is 34.5 Å². The quantitative estimate of drug-likeness (QED) is 0.485. The van der Waals surface area contributed by atoms with Gasteiger partial charge in [-0.3, -0.25) is 14.9 Å². The Morgan fingerprint density at radius 3 is 2.33 bits per heavy atom. The molecule has 1 aromatic heterocycles. The van der Waals surface area contributed by atoms with Crippen molar-refractivity contribution in [2.75, 3.05) is 0 Å². The number of ketones is 1. The topological polar surface area (TPSA) is 60.2 Å². The molecule has 0 radical (unpaired) electrons. The van der Waals surface area contributed by atoms with Gasteiger partial charge in [-0.2, -0.15) is 0 Å². The van der Waals surface area contributed by atoms with E-state index in [9.17, 15) is 14.9 Å². The van der Waals surface area contributed by atoms with Gasteiger partial charge in [-0.25, -0.2) is 0 Å². The highest BCUT2D eigenvalue weighted by Crippen LogP contribution is 2.34. The number of rotatable bonds is 3. The summed E-state index contributed by atoms with van der Waals surface area (Å²) < 4.78 is 0. The zero-order chi connectivity index (χ0) is 13.3. The molecule has 0 saturated heterocycles. The molecule has 92 valence electrons. The molecule has 0 saturated carbocycles. The van der Waals surface area contributed by atoms with Crippen molar-refractivity contribution in [3.63, 3.8) is 0 Å². The standard InChI is InChI=1S/C11H5Cl2NO3S/c12-7-3-1-6(2-4-7)10(15)11-8(13)5-9(18-11)14(16)17/h1-5H. The normalized spacial score (nSPS) is 10.3. The minimum atomic E-state index is -0.574. The summed E-state index contributed by atoms with van der Waals surface area (Å²) in [6.45, 7) is 0. The van der Waals surface area contributed by atoms with Crippen molar-refractivity contribution in [2.45, 2.75) is 0 Å². The second-order valence-electron chi connectivity index (χ2n) is 3.35. The predicted molar refractivity (Wildman–Crippen MR) is 70.9 cm³/mol. The molecule has 2 rings (SSSR count). The van der Waals surface area contributed by atoms with Crippen LogP contribution in [-0.4, -0.2) is 10.7 Å². The Balaban J connectivity index is 2.39. The van der Waals surface area contributed by atoms with Gasteiger partial charge in [-0.05, 0) is 24.3 Å². The maximum absolute atomic E-state index is 12.1. The van der Waals surface area contributed by atoms with Crippen molar-refractivity contribution in [3.05, 3.63) is 60.9 Å². The van der Waals surface area contributed by atoms with Crippen LogP contribution < -0.4 is 0 Å². The first-order chi connectivity index (χ1) is 8.49. The molecule has 18 heavy (non-hydrogen) atoms. The Morgan fingerprint density at radius 1 is 1.22 bits per heavy atom. The smallest absolute Gasteiger partial charge is 0.288 e. The minimum absolute atomic E-state index is 0.0895. The van der Waals surface area contributed by atoms with Gasteiger partial charge in [0.2, 0.25) is 5.78 Å². The molecule has 0 aliphatic heterocycles. The molecule has 0 N–H and O–H groups in total. The summed E-state index contributed by atoms with van der Waals surface area (Å²) in [5.41, 5.74) is 0.387. The monoisotopic (exact) mass is 301 g/mol. The molecule has 0 unspecified atom stereocenters. The SMILES string of the molecule is O=C(c1ccc(Cl)cc1)c1sc([N+](=O)[O-])cc1Cl. The van der Waals surface area contributed by atoms with Crippen molar-refractivity contribution in [2.24, 2.45) is 0 Å². The number of benzene rings is 1. The zero-order valence-electron chi connectivity index (χ0n) is 8.72. The van der Waals surface area contributed by atoms with E-state index in [4.69, 9.17) is 23.2 Å². The Morgan fingerprint density at radius 2 is 1.83 bits per heavy atom. The first-order valence-electron chi connectivity index (χ1n) is 4.73. The Hall–Kier alpha value is -1.43. The third-order valence-corrected chi connectivity index (χ3v) is 3.91. The highest BCUT2D eigenvalue weighted by molar-refractivity contribution is 7.18. The number of halogens is 2. The minimum Gasteiger partial charge on any atom is -0.288 e. The van der Waals surface area contributed by atoms with Gasteiger partial charge in [-0.15, -0.1) is 0 Å². The maximum atomic E-state index is 12.1. The summed E-state index contributed by atoms with van der Waals surface area (Å²) in [5.74, 6) is -0.352. The van der Waals surface area contributed by atoms with E-state index in [0.29, 0.717) is 10.6 Å². The Kier molecular flexibility index (Phi) is 3.65. The summed E-state index contributed by atoms with van der Waals surface area (Å²) in [4.78, 5) is 22.3. The molecule has 0 spiro atoms. The van der Waals surface area contributed by atoms with Crippen LogP contribution in [-0.2, 0) is 0 Å². The van der Waals surface area contributed by atoms with Crippen molar-refractivity contribution in [3.8, 4) is 0 Å². The van der Waals surface area contributed by atoms with Gasteiger partial charge in [0.05, 0.1) is 9.95 Å². The van der Waals surface area contributed by atoms with Gasteiger partial charge in [0.25, 0.3) is 0 Å². The summed E-state index contributed by atoms with van der Waals surface area (Å²) in [5, 5.41) is 11.0. The van der Waals surface area contributed by atoms with Crippen molar-refractivity contribution >= 4 is 45.3 Å². The summed E-state index contributed by atoms with van der Waals surface area (Å²) in [6, 6.07) is 7.42. The number of hydrogen-bond donors (Lipinski definition) is 0. The van der Waals surface area contributed by atoms with Crippen LogP contribution in [0.2, 0.25) is 10.0 Å². The number of hydrogen-bond acceptors (Lipinski definition) is 4. The lowest BCUT2D eigenvalue weighted by molar-refractivity contribution is -0.380. The van der Waals surface area contributed by atoms with E-state index in [-0.39, 0.29) is 20.7 Å². The molecular weight excluding hydrogens is 297 g/mol. The average molecular weight is 302 g/mol. The number of nitrogens with zero attached hydrogens (tertiary/aromatic N) is 1. The van der Waals surface area contributed by atoms with Crippen LogP contribution in [0, 0.1) is 10.1 Å². The molecule has 2 aromatic rings. The third-order valence-electron chi connectivity index (χ3n) is 2.17. The highest BCUT2D eigenvalue weighted by atomic mass is 35.5. The van der Waals surface area contributed by atoms with Gasteiger partial charge >= 0.3 is 5.00 Å². The van der Waals surface area contributed by atoms with Crippen molar-refractivity contribution in [1.29, 1.82) is 0 Å². The molecule has 1 heterocycles. The van der Waals surface area contributed by atoms with Crippen molar-refractivity contribution < 1.29 is 9.72 Å². The van der Waals surface area contributed by atoms with E-state index >= 15 is 0 Å². The van der Waals surface area contributed by atoms with Crippen LogP contribution in [0.25, 0.3) is 0 Å². The largest absolute Gasteiger partial charge is 0.326 e. The van der Waals surface area contributed by atoms with E-state index < -0.39 is 4.92 Å². The van der Waals surface area contributed by atoms with Crippen molar-refractivity contribution in [1.82, 2.24) is 0 Å².